The Kier molecular flexibility index (Phi) is 9.11. The zero-order chi connectivity index (χ0) is 24.5. The summed E-state index contributed by atoms with van der Waals surface area (Å²) in [5, 5.41) is 3.00. The van der Waals surface area contributed by atoms with Gasteiger partial charge in [-0.1, -0.05) is 48.0 Å². The quantitative estimate of drug-likeness (QED) is 0.628. The zero-order valence-corrected chi connectivity index (χ0v) is 20.5. The normalized spacial score (nSPS) is 18.8. The number of nitrogens with one attached hydrogen (secondary N) is 1. The van der Waals surface area contributed by atoms with Gasteiger partial charge in [0.15, 0.2) is 0 Å². The summed E-state index contributed by atoms with van der Waals surface area (Å²) in [6, 6.07) is 17.4. The van der Waals surface area contributed by atoms with Gasteiger partial charge in [0.05, 0.1) is 32.5 Å². The maximum absolute atomic E-state index is 13.4. The molecule has 8 nitrogen and oxygen atoms in total. The molecule has 0 aliphatic carbocycles. The second kappa shape index (κ2) is 12.7. The van der Waals surface area contributed by atoms with E-state index in [-0.39, 0.29) is 18.0 Å². The minimum absolute atomic E-state index is 0.00693. The van der Waals surface area contributed by atoms with E-state index in [0.29, 0.717) is 44.9 Å². The highest BCUT2D eigenvalue weighted by atomic mass is 16.5. The first-order valence-electron chi connectivity index (χ1n) is 12.4. The molecule has 2 aromatic carbocycles. The minimum Gasteiger partial charge on any atom is -0.379 e. The predicted molar refractivity (Wildman–Crippen MR) is 134 cm³/mol. The molecule has 2 aliphatic heterocycles. The number of morpholine rings is 2. The summed E-state index contributed by atoms with van der Waals surface area (Å²) in [7, 11) is 0. The van der Waals surface area contributed by atoms with Crippen LogP contribution in [-0.4, -0.2) is 98.4 Å². The monoisotopic (exact) mass is 480 g/mol. The van der Waals surface area contributed by atoms with Crippen LogP contribution in [0.15, 0.2) is 54.6 Å². The van der Waals surface area contributed by atoms with Crippen molar-refractivity contribution in [1.82, 2.24) is 20.0 Å². The first-order chi connectivity index (χ1) is 17.1. The van der Waals surface area contributed by atoms with Gasteiger partial charge in [-0.15, -0.1) is 0 Å². The lowest BCUT2D eigenvalue weighted by molar-refractivity contribution is -0.0297. The van der Waals surface area contributed by atoms with E-state index in [2.05, 4.69) is 10.2 Å². The standard InChI is InChI=1S/C27H36N4O4/c1-22-7-9-24(10-8-22)26(32)30(12-11-29-13-16-34-17-14-29)20-25-21-31(15-18-35-25)27(33)28-19-23-5-3-2-4-6-23/h2-10,25H,11-21H2,1H3,(H,28,33)/t25-/m1/s1. The summed E-state index contributed by atoms with van der Waals surface area (Å²) in [5.41, 5.74) is 2.85. The fraction of sp³-hybridized carbons (Fsp3) is 0.481. The minimum atomic E-state index is -0.231. The second-order valence-electron chi connectivity index (χ2n) is 9.15. The Balaban J connectivity index is 1.36. The van der Waals surface area contributed by atoms with Crippen LogP contribution in [0.3, 0.4) is 0 Å². The summed E-state index contributed by atoms with van der Waals surface area (Å²) in [5.74, 6) is -0.00693. The van der Waals surface area contributed by atoms with Gasteiger partial charge in [-0.05, 0) is 24.6 Å². The molecular formula is C27H36N4O4. The van der Waals surface area contributed by atoms with Crippen LogP contribution in [0.1, 0.15) is 21.5 Å². The smallest absolute Gasteiger partial charge is 0.317 e. The number of hydrogen-bond acceptors (Lipinski definition) is 5. The molecule has 0 saturated carbocycles. The van der Waals surface area contributed by atoms with Crippen LogP contribution >= 0.6 is 0 Å². The van der Waals surface area contributed by atoms with Crippen molar-refractivity contribution < 1.29 is 19.1 Å². The first-order valence-corrected chi connectivity index (χ1v) is 12.4. The topological polar surface area (TPSA) is 74.4 Å². The second-order valence-corrected chi connectivity index (χ2v) is 9.15. The van der Waals surface area contributed by atoms with Crippen LogP contribution in [0.4, 0.5) is 4.79 Å². The third-order valence-electron chi connectivity index (χ3n) is 6.51. The highest BCUT2D eigenvalue weighted by Gasteiger charge is 2.28. The molecule has 0 radical (unpaired) electrons. The number of amides is 3. The van der Waals surface area contributed by atoms with E-state index in [0.717, 1.165) is 44.0 Å². The molecule has 4 rings (SSSR count). The Morgan fingerprint density at radius 2 is 1.74 bits per heavy atom. The molecule has 3 amide bonds. The van der Waals surface area contributed by atoms with E-state index < -0.39 is 0 Å². The summed E-state index contributed by atoms with van der Waals surface area (Å²) in [6.07, 6.45) is -0.231. The molecule has 0 aromatic heterocycles. The van der Waals surface area contributed by atoms with Crippen molar-refractivity contribution in [2.45, 2.75) is 19.6 Å². The van der Waals surface area contributed by atoms with E-state index in [4.69, 9.17) is 9.47 Å². The molecule has 2 saturated heterocycles. The lowest BCUT2D eigenvalue weighted by Gasteiger charge is -2.36. The van der Waals surface area contributed by atoms with Crippen LogP contribution in [0, 0.1) is 6.92 Å². The Hall–Kier alpha value is -2.94. The number of carbonyl (C=O) groups is 2. The summed E-state index contributed by atoms with van der Waals surface area (Å²) >= 11 is 0. The van der Waals surface area contributed by atoms with Gasteiger partial charge < -0.3 is 24.6 Å². The molecular weight excluding hydrogens is 444 g/mol. The largest absolute Gasteiger partial charge is 0.379 e. The van der Waals surface area contributed by atoms with E-state index >= 15 is 0 Å². The van der Waals surface area contributed by atoms with Crippen molar-refractivity contribution in [2.24, 2.45) is 0 Å². The Bertz CT molecular complexity index is 947. The lowest BCUT2D eigenvalue weighted by atomic mass is 10.1. The van der Waals surface area contributed by atoms with Gasteiger partial charge in [-0.2, -0.15) is 0 Å². The number of benzene rings is 2. The third kappa shape index (κ3) is 7.52. The van der Waals surface area contributed by atoms with E-state index in [9.17, 15) is 9.59 Å². The zero-order valence-electron chi connectivity index (χ0n) is 20.5. The number of hydrogen-bond donors (Lipinski definition) is 1. The van der Waals surface area contributed by atoms with Gasteiger partial charge in [-0.3, -0.25) is 9.69 Å². The Morgan fingerprint density at radius 3 is 2.49 bits per heavy atom. The fourth-order valence-corrected chi connectivity index (χ4v) is 4.39. The van der Waals surface area contributed by atoms with Crippen LogP contribution in [-0.2, 0) is 16.0 Å². The van der Waals surface area contributed by atoms with Crippen LogP contribution in [0.5, 0.6) is 0 Å². The molecule has 2 heterocycles. The molecule has 1 atom stereocenters. The van der Waals surface area contributed by atoms with E-state index in [1.807, 2.05) is 66.4 Å². The van der Waals surface area contributed by atoms with Gasteiger partial charge in [0, 0.05) is 51.4 Å². The van der Waals surface area contributed by atoms with E-state index in [1.54, 1.807) is 4.90 Å². The van der Waals surface area contributed by atoms with Crippen molar-refractivity contribution in [3.8, 4) is 0 Å². The van der Waals surface area contributed by atoms with Gasteiger partial charge in [-0.25, -0.2) is 4.79 Å². The van der Waals surface area contributed by atoms with Crippen molar-refractivity contribution in [3.63, 3.8) is 0 Å². The van der Waals surface area contributed by atoms with Gasteiger partial charge in [0.1, 0.15) is 0 Å². The van der Waals surface area contributed by atoms with Crippen molar-refractivity contribution >= 4 is 11.9 Å². The maximum Gasteiger partial charge on any atom is 0.317 e. The molecule has 188 valence electrons. The molecule has 0 unspecified atom stereocenters. The Morgan fingerprint density at radius 1 is 1.00 bits per heavy atom. The lowest BCUT2D eigenvalue weighted by Crippen LogP contribution is -2.53. The first kappa shape index (κ1) is 25.2. The van der Waals surface area contributed by atoms with Crippen molar-refractivity contribution in [2.75, 3.05) is 65.6 Å². The van der Waals surface area contributed by atoms with Crippen LogP contribution in [0.25, 0.3) is 0 Å². The molecule has 0 bridgehead atoms. The van der Waals surface area contributed by atoms with Gasteiger partial charge in [0.2, 0.25) is 0 Å². The fourth-order valence-electron chi connectivity index (χ4n) is 4.39. The van der Waals surface area contributed by atoms with E-state index in [1.165, 1.54) is 0 Å². The molecule has 1 N–H and O–H groups in total. The number of aryl methyl sites for hydroxylation is 1. The van der Waals surface area contributed by atoms with Crippen molar-refractivity contribution in [1.29, 1.82) is 0 Å². The SMILES string of the molecule is Cc1ccc(C(=O)N(CCN2CCOCC2)C[C@@H]2CN(C(=O)NCc3ccccc3)CCO2)cc1. The highest BCUT2D eigenvalue weighted by molar-refractivity contribution is 5.94. The molecule has 8 heteroatoms. The summed E-state index contributed by atoms with van der Waals surface area (Å²) in [6.45, 7) is 8.99. The summed E-state index contributed by atoms with van der Waals surface area (Å²) < 4.78 is 11.5. The van der Waals surface area contributed by atoms with Crippen LogP contribution in [0.2, 0.25) is 0 Å². The Labute approximate surface area is 207 Å². The number of ether oxygens (including phenoxy) is 2. The molecule has 2 aromatic rings. The van der Waals surface area contributed by atoms with Crippen LogP contribution < -0.4 is 5.32 Å². The molecule has 2 aliphatic rings. The van der Waals surface area contributed by atoms with Crippen molar-refractivity contribution in [3.05, 3.63) is 71.3 Å². The molecule has 0 spiro atoms. The molecule has 2 fully saturated rings. The van der Waals surface area contributed by atoms with Gasteiger partial charge >= 0.3 is 6.03 Å². The number of carbonyl (C=O) groups excluding carboxylic acids is 2. The predicted octanol–water partition coefficient (Wildman–Crippen LogP) is 2.38. The number of urea groups is 1. The average molecular weight is 481 g/mol. The third-order valence-corrected chi connectivity index (χ3v) is 6.51. The highest BCUT2D eigenvalue weighted by Crippen LogP contribution is 2.13. The number of rotatable bonds is 8. The summed E-state index contributed by atoms with van der Waals surface area (Å²) in [4.78, 5) is 32.2. The average Bonchev–Trinajstić information content (AvgIpc) is 2.91. The maximum atomic E-state index is 13.4. The van der Waals surface area contributed by atoms with Gasteiger partial charge in [0.25, 0.3) is 5.91 Å². The number of nitrogens with zero attached hydrogens (tertiary/aromatic N) is 3. The molecule has 35 heavy (non-hydrogen) atoms.